The maximum atomic E-state index is 9.23. The molecular formula is C13H20N4. The van der Waals surface area contributed by atoms with Crippen LogP contribution < -0.4 is 4.90 Å². The fourth-order valence-corrected chi connectivity index (χ4v) is 2.59. The van der Waals surface area contributed by atoms with Gasteiger partial charge in [-0.1, -0.05) is 13.8 Å². The van der Waals surface area contributed by atoms with Crippen molar-refractivity contribution in [2.45, 2.75) is 27.2 Å². The van der Waals surface area contributed by atoms with Gasteiger partial charge in [0, 0.05) is 20.1 Å². The van der Waals surface area contributed by atoms with Crippen LogP contribution in [0.2, 0.25) is 0 Å². The number of aryl methyl sites for hydroxylation is 2. The van der Waals surface area contributed by atoms with Crippen LogP contribution in [0.4, 0.5) is 5.82 Å². The van der Waals surface area contributed by atoms with Gasteiger partial charge in [-0.25, -0.2) is 0 Å². The van der Waals surface area contributed by atoms with Crippen LogP contribution in [0.25, 0.3) is 0 Å². The molecule has 17 heavy (non-hydrogen) atoms. The Bertz CT molecular complexity index is 455. The Morgan fingerprint density at radius 3 is 2.65 bits per heavy atom. The summed E-state index contributed by atoms with van der Waals surface area (Å²) in [5.74, 6) is 2.43. The Morgan fingerprint density at radius 2 is 2.06 bits per heavy atom. The molecule has 0 bridgehead atoms. The maximum Gasteiger partial charge on any atom is 0.144 e. The molecule has 92 valence electrons. The van der Waals surface area contributed by atoms with Crippen molar-refractivity contribution in [1.82, 2.24) is 9.78 Å². The van der Waals surface area contributed by atoms with Gasteiger partial charge in [-0.2, -0.15) is 10.4 Å². The van der Waals surface area contributed by atoms with Gasteiger partial charge in [0.05, 0.1) is 5.69 Å². The van der Waals surface area contributed by atoms with E-state index in [2.05, 4.69) is 29.9 Å². The monoisotopic (exact) mass is 232 g/mol. The summed E-state index contributed by atoms with van der Waals surface area (Å²) < 4.78 is 1.84. The molecule has 1 aromatic rings. The van der Waals surface area contributed by atoms with E-state index < -0.39 is 0 Å². The zero-order valence-corrected chi connectivity index (χ0v) is 11.1. The predicted molar refractivity (Wildman–Crippen MR) is 67.8 cm³/mol. The van der Waals surface area contributed by atoms with Crippen LogP contribution in [-0.2, 0) is 7.05 Å². The first-order valence-corrected chi connectivity index (χ1v) is 6.23. The highest BCUT2D eigenvalue weighted by molar-refractivity contribution is 5.57. The van der Waals surface area contributed by atoms with E-state index in [0.29, 0.717) is 5.92 Å². The van der Waals surface area contributed by atoms with Gasteiger partial charge in [-0.15, -0.1) is 0 Å². The molecule has 0 radical (unpaired) electrons. The number of nitriles is 1. The van der Waals surface area contributed by atoms with Crippen LogP contribution >= 0.6 is 0 Å². The molecule has 1 fully saturated rings. The third-order valence-electron chi connectivity index (χ3n) is 3.94. The Kier molecular flexibility index (Phi) is 3.10. The minimum atomic E-state index is 0.672. The molecule has 1 aliphatic rings. The van der Waals surface area contributed by atoms with Crippen molar-refractivity contribution >= 4 is 5.82 Å². The summed E-state index contributed by atoms with van der Waals surface area (Å²) in [5.41, 5.74) is 1.56. The van der Waals surface area contributed by atoms with Gasteiger partial charge in [-0.05, 0) is 25.2 Å². The van der Waals surface area contributed by atoms with E-state index in [0.717, 1.165) is 36.1 Å². The highest BCUT2D eigenvalue weighted by Crippen LogP contribution is 2.29. The quantitative estimate of drug-likeness (QED) is 0.744. The first kappa shape index (κ1) is 12.0. The molecule has 0 aliphatic carbocycles. The molecule has 4 heteroatoms. The first-order valence-electron chi connectivity index (χ1n) is 6.23. The van der Waals surface area contributed by atoms with Crippen molar-refractivity contribution in [3.8, 4) is 6.07 Å². The summed E-state index contributed by atoms with van der Waals surface area (Å²) in [6.45, 7) is 8.54. The van der Waals surface area contributed by atoms with Crippen molar-refractivity contribution in [1.29, 1.82) is 5.26 Å². The van der Waals surface area contributed by atoms with Crippen LogP contribution in [-0.4, -0.2) is 22.9 Å². The highest BCUT2D eigenvalue weighted by Gasteiger charge is 2.27. The van der Waals surface area contributed by atoms with Crippen molar-refractivity contribution in [3.63, 3.8) is 0 Å². The average molecular weight is 232 g/mol. The van der Waals surface area contributed by atoms with Crippen LogP contribution in [0.5, 0.6) is 0 Å². The zero-order chi connectivity index (χ0) is 12.6. The number of anilines is 1. The summed E-state index contributed by atoms with van der Waals surface area (Å²) in [6.07, 6.45) is 1.19. The molecule has 4 nitrogen and oxygen atoms in total. The molecule has 1 aliphatic heterocycles. The van der Waals surface area contributed by atoms with E-state index in [-0.39, 0.29) is 0 Å². The van der Waals surface area contributed by atoms with E-state index >= 15 is 0 Å². The second-order valence-corrected chi connectivity index (χ2v) is 5.21. The largest absolute Gasteiger partial charge is 0.355 e. The smallest absolute Gasteiger partial charge is 0.144 e. The molecule has 0 aromatic carbocycles. The molecule has 0 spiro atoms. The molecule has 0 N–H and O–H groups in total. The Labute approximate surface area is 103 Å². The van der Waals surface area contributed by atoms with Crippen LogP contribution in [0.3, 0.4) is 0 Å². The van der Waals surface area contributed by atoms with Crippen molar-refractivity contribution in [2.24, 2.45) is 18.9 Å². The number of piperidine rings is 1. The van der Waals surface area contributed by atoms with E-state index in [1.165, 1.54) is 6.42 Å². The molecule has 2 atom stereocenters. The van der Waals surface area contributed by atoms with Gasteiger partial charge < -0.3 is 4.90 Å². The molecule has 2 unspecified atom stereocenters. The molecule has 0 amide bonds. The second-order valence-electron chi connectivity index (χ2n) is 5.21. The average Bonchev–Trinajstić information content (AvgIpc) is 2.57. The third-order valence-corrected chi connectivity index (χ3v) is 3.94. The van der Waals surface area contributed by atoms with Crippen molar-refractivity contribution in [2.75, 3.05) is 18.0 Å². The summed E-state index contributed by atoms with van der Waals surface area (Å²) >= 11 is 0. The van der Waals surface area contributed by atoms with Gasteiger partial charge >= 0.3 is 0 Å². The van der Waals surface area contributed by atoms with E-state index in [9.17, 15) is 5.26 Å². The Morgan fingerprint density at radius 1 is 1.35 bits per heavy atom. The molecule has 2 heterocycles. The maximum absolute atomic E-state index is 9.23. The third kappa shape index (κ3) is 2.02. The van der Waals surface area contributed by atoms with Gasteiger partial charge in [0.15, 0.2) is 0 Å². The van der Waals surface area contributed by atoms with Gasteiger partial charge in [0.25, 0.3) is 0 Å². The topological polar surface area (TPSA) is 44.9 Å². The fourth-order valence-electron chi connectivity index (χ4n) is 2.59. The molecule has 2 rings (SSSR count). The fraction of sp³-hybridized carbons (Fsp3) is 0.692. The number of hydrogen-bond donors (Lipinski definition) is 0. The Hall–Kier alpha value is -1.50. The highest BCUT2D eigenvalue weighted by atomic mass is 15.4. The summed E-state index contributed by atoms with van der Waals surface area (Å²) in [4.78, 5) is 2.31. The molecular weight excluding hydrogens is 212 g/mol. The zero-order valence-electron chi connectivity index (χ0n) is 11.1. The lowest BCUT2D eigenvalue weighted by atomic mass is 9.88. The summed E-state index contributed by atoms with van der Waals surface area (Å²) in [6, 6.07) is 2.28. The van der Waals surface area contributed by atoms with Gasteiger partial charge in [-0.3, -0.25) is 4.68 Å². The van der Waals surface area contributed by atoms with E-state index in [1.807, 2.05) is 18.7 Å². The SMILES string of the molecule is Cc1nn(C)c(N2CCC(C)C(C)C2)c1C#N. The van der Waals surface area contributed by atoms with Crippen LogP contribution in [0.15, 0.2) is 0 Å². The Balaban J connectivity index is 2.32. The van der Waals surface area contributed by atoms with E-state index in [4.69, 9.17) is 0 Å². The predicted octanol–water partition coefficient (Wildman–Crippen LogP) is 2.08. The lowest BCUT2D eigenvalue weighted by Crippen LogP contribution is -2.39. The van der Waals surface area contributed by atoms with Crippen molar-refractivity contribution in [3.05, 3.63) is 11.3 Å². The lowest BCUT2D eigenvalue weighted by molar-refractivity contribution is 0.321. The molecule has 1 saturated heterocycles. The van der Waals surface area contributed by atoms with Gasteiger partial charge in [0.2, 0.25) is 0 Å². The number of nitrogens with zero attached hydrogens (tertiary/aromatic N) is 4. The number of hydrogen-bond acceptors (Lipinski definition) is 3. The first-order chi connectivity index (χ1) is 8.04. The van der Waals surface area contributed by atoms with Gasteiger partial charge in [0.1, 0.15) is 17.5 Å². The molecule has 0 saturated carbocycles. The lowest BCUT2D eigenvalue weighted by Gasteiger charge is -2.36. The summed E-state index contributed by atoms with van der Waals surface area (Å²) in [5, 5.41) is 13.6. The normalized spacial score (nSPS) is 24.8. The second kappa shape index (κ2) is 4.40. The standard InChI is InChI=1S/C13H20N4/c1-9-5-6-17(8-10(9)2)13-12(7-14)11(3)15-16(13)4/h9-10H,5-6,8H2,1-4H3. The summed E-state index contributed by atoms with van der Waals surface area (Å²) in [7, 11) is 1.92. The van der Waals surface area contributed by atoms with Crippen LogP contribution in [0, 0.1) is 30.1 Å². The number of rotatable bonds is 1. The van der Waals surface area contributed by atoms with E-state index in [1.54, 1.807) is 0 Å². The number of aromatic nitrogens is 2. The minimum absolute atomic E-state index is 0.672. The van der Waals surface area contributed by atoms with Crippen molar-refractivity contribution < 1.29 is 0 Å². The minimum Gasteiger partial charge on any atom is -0.355 e. The molecule has 1 aromatic heterocycles. The van der Waals surface area contributed by atoms with Crippen LogP contribution in [0.1, 0.15) is 31.5 Å².